The molecule has 1 aliphatic carbocycles. The van der Waals surface area contributed by atoms with Crippen molar-refractivity contribution in [1.29, 1.82) is 0 Å². The molecule has 0 aromatic rings. The second-order valence-corrected chi connectivity index (χ2v) is 5.75. The van der Waals surface area contributed by atoms with Crippen molar-refractivity contribution in [2.24, 2.45) is 0 Å². The van der Waals surface area contributed by atoms with E-state index >= 15 is 0 Å². The molecule has 0 aromatic heterocycles. The predicted molar refractivity (Wildman–Crippen MR) is 76.7 cm³/mol. The van der Waals surface area contributed by atoms with Gasteiger partial charge in [0.25, 0.3) is 0 Å². The smallest absolute Gasteiger partial charge is 0.306 e. The number of cyclic esters (lactones) is 1. The van der Waals surface area contributed by atoms with Crippen molar-refractivity contribution in [3.05, 3.63) is 22.7 Å². The molecule has 0 spiro atoms. The van der Waals surface area contributed by atoms with Crippen LogP contribution in [0.4, 0.5) is 0 Å². The number of hydrogen-bond acceptors (Lipinski definition) is 6. The summed E-state index contributed by atoms with van der Waals surface area (Å²) in [6.45, 7) is 3.45. The van der Waals surface area contributed by atoms with Crippen LogP contribution in [0, 0.1) is 0 Å². The van der Waals surface area contributed by atoms with Crippen LogP contribution in [0.1, 0.15) is 39.5 Å². The third-order valence-electron chi connectivity index (χ3n) is 4.22. The van der Waals surface area contributed by atoms with Crippen molar-refractivity contribution in [1.82, 2.24) is 0 Å². The summed E-state index contributed by atoms with van der Waals surface area (Å²) < 4.78 is 15.3. The average Bonchev–Trinajstić information content (AvgIpc) is 2.82. The highest BCUT2D eigenvalue weighted by atomic mass is 16.6. The molecule has 2 aliphatic rings. The Labute approximate surface area is 129 Å². The summed E-state index contributed by atoms with van der Waals surface area (Å²) >= 11 is 0. The molecule has 6 nitrogen and oxygen atoms in total. The van der Waals surface area contributed by atoms with Gasteiger partial charge in [0.15, 0.2) is 0 Å². The van der Waals surface area contributed by atoms with Crippen molar-refractivity contribution < 1.29 is 28.6 Å². The number of carbonyl (C=O) groups excluding carboxylic acids is 3. The molecule has 0 aromatic carbocycles. The van der Waals surface area contributed by atoms with Gasteiger partial charge in [0.1, 0.15) is 5.60 Å². The molecule has 120 valence electrons. The Morgan fingerprint density at radius 3 is 2.18 bits per heavy atom. The molecule has 1 aliphatic heterocycles. The van der Waals surface area contributed by atoms with Crippen LogP contribution < -0.4 is 0 Å². The number of methoxy groups -OCH3 is 2. The quantitative estimate of drug-likeness (QED) is 0.569. The number of Topliss-reactive ketones (excluding diaryl/α,β-unsaturated/α-hetero) is 2. The molecule has 1 fully saturated rings. The minimum absolute atomic E-state index is 0.0627. The lowest BCUT2D eigenvalue weighted by molar-refractivity contribution is -0.147. The van der Waals surface area contributed by atoms with Gasteiger partial charge in [0.05, 0.1) is 14.2 Å². The van der Waals surface area contributed by atoms with Crippen molar-refractivity contribution in [3.63, 3.8) is 0 Å². The van der Waals surface area contributed by atoms with Crippen LogP contribution in [0.2, 0.25) is 0 Å². The van der Waals surface area contributed by atoms with Crippen molar-refractivity contribution in [2.75, 3.05) is 14.2 Å². The Kier molecular flexibility index (Phi) is 4.39. The number of hydrogen-bond donors (Lipinski definition) is 0. The minimum Gasteiger partial charge on any atom is -0.489 e. The van der Waals surface area contributed by atoms with E-state index in [1.165, 1.54) is 14.2 Å². The van der Waals surface area contributed by atoms with Crippen molar-refractivity contribution >= 4 is 17.5 Å². The van der Waals surface area contributed by atoms with E-state index in [-0.39, 0.29) is 29.1 Å². The first-order valence-electron chi connectivity index (χ1n) is 7.16. The third-order valence-corrected chi connectivity index (χ3v) is 4.22. The molecule has 0 bridgehead atoms. The highest BCUT2D eigenvalue weighted by Crippen LogP contribution is 2.35. The van der Waals surface area contributed by atoms with E-state index in [2.05, 4.69) is 0 Å². The van der Waals surface area contributed by atoms with E-state index in [1.54, 1.807) is 6.92 Å². The molecule has 1 atom stereocenters. The molecule has 1 heterocycles. The topological polar surface area (TPSA) is 78.9 Å². The second kappa shape index (κ2) is 5.94. The van der Waals surface area contributed by atoms with Gasteiger partial charge in [-0.3, -0.25) is 14.4 Å². The minimum atomic E-state index is -0.577. The zero-order chi connectivity index (χ0) is 16.5. The Balaban J connectivity index is 2.20. The molecule has 22 heavy (non-hydrogen) atoms. The number of ether oxygens (including phenoxy) is 3. The molecule has 0 saturated carbocycles. The standard InChI is InChI=1S/C16H20O6/c1-9-10(5-7-16(2)8-6-11(17)22-16)13(19)15(21-4)14(20-3)12(9)18/h5-8H2,1-4H3. The number of esters is 1. The molecular weight excluding hydrogens is 288 g/mol. The summed E-state index contributed by atoms with van der Waals surface area (Å²) in [6, 6.07) is 0. The molecule has 0 N–H and O–H groups in total. The van der Waals surface area contributed by atoms with Gasteiger partial charge in [-0.2, -0.15) is 0 Å². The molecule has 0 radical (unpaired) electrons. The summed E-state index contributed by atoms with van der Waals surface area (Å²) in [5, 5.41) is 0. The first kappa shape index (κ1) is 16.3. The Morgan fingerprint density at radius 1 is 1.09 bits per heavy atom. The van der Waals surface area contributed by atoms with Crippen molar-refractivity contribution in [2.45, 2.75) is 45.1 Å². The number of ketones is 2. The van der Waals surface area contributed by atoms with E-state index in [0.717, 1.165) is 0 Å². The van der Waals surface area contributed by atoms with Crippen molar-refractivity contribution in [3.8, 4) is 0 Å². The molecule has 1 unspecified atom stereocenters. The van der Waals surface area contributed by atoms with Crippen LogP contribution in [-0.2, 0) is 28.6 Å². The molecule has 0 amide bonds. The monoisotopic (exact) mass is 308 g/mol. The largest absolute Gasteiger partial charge is 0.489 e. The first-order valence-corrected chi connectivity index (χ1v) is 7.16. The van der Waals surface area contributed by atoms with Crippen LogP contribution in [0.3, 0.4) is 0 Å². The van der Waals surface area contributed by atoms with Crippen LogP contribution >= 0.6 is 0 Å². The summed E-state index contributed by atoms with van der Waals surface area (Å²) in [4.78, 5) is 36.0. The van der Waals surface area contributed by atoms with Gasteiger partial charge >= 0.3 is 5.97 Å². The molecular formula is C16H20O6. The lowest BCUT2D eigenvalue weighted by atomic mass is 9.86. The van der Waals surface area contributed by atoms with E-state index < -0.39 is 5.60 Å². The van der Waals surface area contributed by atoms with Gasteiger partial charge in [-0.05, 0) is 33.1 Å². The Hall–Kier alpha value is -2.11. The van der Waals surface area contributed by atoms with E-state index in [4.69, 9.17) is 14.2 Å². The lowest BCUT2D eigenvalue weighted by Crippen LogP contribution is -2.28. The zero-order valence-corrected chi connectivity index (χ0v) is 13.3. The fourth-order valence-electron chi connectivity index (χ4n) is 2.80. The van der Waals surface area contributed by atoms with Gasteiger partial charge in [-0.25, -0.2) is 0 Å². The Bertz CT molecular complexity index is 598. The van der Waals surface area contributed by atoms with Gasteiger partial charge in [-0.15, -0.1) is 0 Å². The van der Waals surface area contributed by atoms with Crippen LogP contribution in [0.25, 0.3) is 0 Å². The lowest BCUT2D eigenvalue weighted by Gasteiger charge is -2.25. The first-order chi connectivity index (χ1) is 10.3. The fourth-order valence-corrected chi connectivity index (χ4v) is 2.80. The molecule has 1 saturated heterocycles. The third kappa shape index (κ3) is 2.77. The summed E-state index contributed by atoms with van der Waals surface area (Å²) in [7, 11) is 2.66. The summed E-state index contributed by atoms with van der Waals surface area (Å²) in [5.41, 5.74) is 0.175. The van der Waals surface area contributed by atoms with E-state index in [9.17, 15) is 14.4 Å². The SMILES string of the molecule is COC1=C(OC)C(=O)C(CCC2(C)CCC(=O)O2)=C(C)C1=O. The Morgan fingerprint density at radius 2 is 1.68 bits per heavy atom. The fraction of sp³-hybridized carbons (Fsp3) is 0.562. The summed E-state index contributed by atoms with van der Waals surface area (Å²) in [5.74, 6) is -1.04. The maximum Gasteiger partial charge on any atom is 0.306 e. The number of allylic oxidation sites excluding steroid dienone is 2. The molecule has 2 rings (SSSR count). The van der Waals surface area contributed by atoms with E-state index in [1.807, 2.05) is 6.92 Å². The number of carbonyl (C=O) groups is 3. The molecule has 6 heteroatoms. The maximum atomic E-state index is 12.5. The van der Waals surface area contributed by atoms with E-state index in [0.29, 0.717) is 36.8 Å². The van der Waals surface area contributed by atoms with Gasteiger partial charge in [-0.1, -0.05) is 0 Å². The predicted octanol–water partition coefficient (Wildman–Crippen LogP) is 1.83. The maximum absolute atomic E-state index is 12.5. The highest BCUT2D eigenvalue weighted by Gasteiger charge is 2.39. The average molecular weight is 308 g/mol. The number of rotatable bonds is 5. The van der Waals surface area contributed by atoms with Gasteiger partial charge < -0.3 is 14.2 Å². The van der Waals surface area contributed by atoms with Crippen LogP contribution in [-0.4, -0.2) is 37.4 Å². The van der Waals surface area contributed by atoms with Gasteiger partial charge in [0, 0.05) is 17.6 Å². The van der Waals surface area contributed by atoms with Crippen LogP contribution in [0.5, 0.6) is 0 Å². The van der Waals surface area contributed by atoms with Gasteiger partial charge in [0.2, 0.25) is 23.1 Å². The highest BCUT2D eigenvalue weighted by molar-refractivity contribution is 6.23. The second-order valence-electron chi connectivity index (χ2n) is 5.75. The zero-order valence-electron chi connectivity index (χ0n) is 13.3. The summed E-state index contributed by atoms with van der Waals surface area (Å²) in [6.07, 6.45) is 1.85. The normalized spacial score (nSPS) is 25.7. The van der Waals surface area contributed by atoms with Crippen LogP contribution in [0.15, 0.2) is 22.7 Å².